The van der Waals surface area contributed by atoms with Crippen molar-refractivity contribution in [2.75, 3.05) is 132 Å². The molecule has 2 fully saturated rings. The topological polar surface area (TPSA) is 226 Å². The molecule has 2 aliphatic rings. The molecule has 1 unspecified atom stereocenters. The summed E-state index contributed by atoms with van der Waals surface area (Å²) in [6.45, 7) is 11.7. The van der Waals surface area contributed by atoms with Crippen molar-refractivity contribution in [3.63, 3.8) is 0 Å². The molecule has 20 nitrogen and oxygen atoms in total. The first-order chi connectivity index (χ1) is 28.7. The first kappa shape index (κ1) is 49.9. The smallest absolute Gasteiger partial charge is 0.246 e. The number of aromatic nitrogens is 3. The number of hydrogen-bond acceptors (Lipinski definition) is 16. The molecule has 1 aromatic heterocycles. The number of ketones is 1. The third-order valence-corrected chi connectivity index (χ3v) is 9.33. The van der Waals surface area contributed by atoms with Crippen LogP contribution in [-0.4, -0.2) is 181 Å². The number of ether oxygens (including phenoxy) is 9. The molecule has 1 saturated carbocycles. The van der Waals surface area contributed by atoms with Crippen molar-refractivity contribution in [3.05, 3.63) is 11.9 Å². The van der Waals surface area contributed by atoms with Crippen LogP contribution in [0, 0.1) is 17.8 Å². The highest BCUT2D eigenvalue weighted by Crippen LogP contribution is 2.31. The highest BCUT2D eigenvalue weighted by atomic mass is 16.6. The second kappa shape index (κ2) is 31.4. The van der Waals surface area contributed by atoms with Gasteiger partial charge in [-0.3, -0.25) is 28.9 Å². The molecule has 2 N–H and O–H groups in total. The third kappa shape index (κ3) is 23.2. The van der Waals surface area contributed by atoms with E-state index in [-0.39, 0.29) is 60.4 Å². The van der Waals surface area contributed by atoms with E-state index in [4.69, 9.17) is 42.6 Å². The standard InChI is InChI=1S/C39H66N6O14/c1-31-25-37(48)45(39(31)50)27-33-3-5-34(6-4-33)38(49)41-26-35-28-44(43-42-35)8-10-52-12-14-54-16-18-56-20-22-58-24-23-57-21-19-55-17-15-53-13-11-51-9-7-40-36(47)30-59-29-32(2)46/h28,31,33-34H,3-27,29-30H2,1-2H3,(H,40,47)(H,41,49). The lowest BCUT2D eigenvalue weighted by atomic mass is 9.81. The number of nitrogens with zero attached hydrogens (tertiary/aromatic N) is 4. The first-order valence-electron chi connectivity index (χ1n) is 20.7. The molecule has 20 heteroatoms. The Balaban J connectivity index is 0.989. The fourth-order valence-electron chi connectivity index (χ4n) is 6.16. The minimum Gasteiger partial charge on any atom is -0.377 e. The number of imide groups is 1. The molecule has 1 atom stereocenters. The van der Waals surface area contributed by atoms with Crippen LogP contribution in [0.4, 0.5) is 0 Å². The van der Waals surface area contributed by atoms with Crippen molar-refractivity contribution in [2.24, 2.45) is 17.8 Å². The molecule has 1 saturated heterocycles. The summed E-state index contributed by atoms with van der Waals surface area (Å²) in [7, 11) is 0. The predicted molar refractivity (Wildman–Crippen MR) is 209 cm³/mol. The largest absolute Gasteiger partial charge is 0.377 e. The van der Waals surface area contributed by atoms with E-state index in [2.05, 4.69) is 20.9 Å². The highest BCUT2D eigenvalue weighted by Gasteiger charge is 2.37. The minimum atomic E-state index is -0.294. The number of rotatable bonds is 36. The Labute approximate surface area is 346 Å². The van der Waals surface area contributed by atoms with Crippen molar-refractivity contribution in [3.8, 4) is 0 Å². The molecule has 2 heterocycles. The Morgan fingerprint density at radius 1 is 0.678 bits per heavy atom. The second-order valence-corrected chi connectivity index (χ2v) is 14.3. The zero-order chi connectivity index (χ0) is 42.3. The molecule has 3 rings (SSSR count). The zero-order valence-corrected chi connectivity index (χ0v) is 34.9. The Morgan fingerprint density at radius 2 is 1.19 bits per heavy atom. The fraction of sp³-hybridized carbons (Fsp3) is 0.821. The predicted octanol–water partition coefficient (Wildman–Crippen LogP) is -0.0497. The summed E-state index contributed by atoms with van der Waals surface area (Å²) < 4.78 is 50.5. The van der Waals surface area contributed by atoms with E-state index in [0.717, 1.165) is 25.7 Å². The number of nitrogens with one attached hydrogen (secondary N) is 2. The quantitative estimate of drug-likeness (QED) is 0.0667. The van der Waals surface area contributed by atoms with Crippen LogP contribution in [0.15, 0.2) is 6.20 Å². The maximum Gasteiger partial charge on any atom is 0.246 e. The molecule has 0 radical (unpaired) electrons. The number of amides is 4. The van der Waals surface area contributed by atoms with Gasteiger partial charge in [0.15, 0.2) is 5.78 Å². The lowest BCUT2D eigenvalue weighted by Crippen LogP contribution is -2.38. The van der Waals surface area contributed by atoms with Gasteiger partial charge in [-0.25, -0.2) is 4.68 Å². The maximum absolute atomic E-state index is 12.8. The maximum atomic E-state index is 12.8. The number of carbonyl (C=O) groups excluding carboxylic acids is 5. The van der Waals surface area contributed by atoms with Gasteiger partial charge in [0.1, 0.15) is 18.9 Å². The minimum absolute atomic E-state index is 0.00208. The van der Waals surface area contributed by atoms with E-state index in [0.29, 0.717) is 144 Å². The molecule has 1 aliphatic heterocycles. The van der Waals surface area contributed by atoms with Gasteiger partial charge in [-0.2, -0.15) is 0 Å². The van der Waals surface area contributed by atoms with E-state index in [1.165, 1.54) is 11.8 Å². The number of carbonyl (C=O) groups is 5. The lowest BCUT2D eigenvalue weighted by molar-refractivity contribution is -0.140. The van der Waals surface area contributed by atoms with Gasteiger partial charge in [0, 0.05) is 31.3 Å². The molecular formula is C39H66N6O14. The van der Waals surface area contributed by atoms with Crippen LogP contribution in [0.25, 0.3) is 0 Å². The summed E-state index contributed by atoms with van der Waals surface area (Å²) in [5.41, 5.74) is 0.671. The van der Waals surface area contributed by atoms with Crippen molar-refractivity contribution in [2.45, 2.75) is 59.0 Å². The number of Topliss-reactive ketones (excluding diaryl/α,β-unsaturated/α-hetero) is 1. The molecule has 1 aliphatic carbocycles. The van der Waals surface area contributed by atoms with Crippen LogP contribution in [0.5, 0.6) is 0 Å². The Morgan fingerprint density at radius 3 is 1.68 bits per heavy atom. The van der Waals surface area contributed by atoms with Crippen molar-refractivity contribution in [1.82, 2.24) is 30.5 Å². The summed E-state index contributed by atoms with van der Waals surface area (Å²) >= 11 is 0. The average molecular weight is 843 g/mol. The van der Waals surface area contributed by atoms with Crippen LogP contribution in [0.2, 0.25) is 0 Å². The Hall–Kier alpha value is -3.47. The van der Waals surface area contributed by atoms with E-state index < -0.39 is 0 Å². The van der Waals surface area contributed by atoms with Crippen LogP contribution >= 0.6 is 0 Å². The van der Waals surface area contributed by atoms with E-state index in [1.807, 2.05) is 0 Å². The van der Waals surface area contributed by atoms with Crippen LogP contribution < -0.4 is 10.6 Å². The molecular weight excluding hydrogens is 776 g/mol. The van der Waals surface area contributed by atoms with Crippen LogP contribution in [0.3, 0.4) is 0 Å². The zero-order valence-electron chi connectivity index (χ0n) is 34.9. The van der Waals surface area contributed by atoms with Crippen molar-refractivity contribution >= 4 is 29.4 Å². The van der Waals surface area contributed by atoms with Gasteiger partial charge in [0.05, 0.1) is 125 Å². The monoisotopic (exact) mass is 842 g/mol. The van der Waals surface area contributed by atoms with Crippen molar-refractivity contribution < 1.29 is 66.6 Å². The van der Waals surface area contributed by atoms with Gasteiger partial charge >= 0.3 is 0 Å². The first-order valence-corrected chi connectivity index (χ1v) is 20.7. The SMILES string of the molecule is CC(=O)COCC(=O)NCCOCCOCCOCCOCCOCCOCCOCCOCCn1cc(CNC(=O)C2CCC(CN3C(=O)CC(C)C3=O)CC2)nn1. The van der Waals surface area contributed by atoms with Gasteiger partial charge in [-0.05, 0) is 38.5 Å². The lowest BCUT2D eigenvalue weighted by Gasteiger charge is -2.30. The van der Waals surface area contributed by atoms with Gasteiger partial charge < -0.3 is 53.3 Å². The molecule has 336 valence electrons. The summed E-state index contributed by atoms with van der Waals surface area (Å²) in [4.78, 5) is 60.7. The van der Waals surface area contributed by atoms with Gasteiger partial charge in [0.25, 0.3) is 0 Å². The summed E-state index contributed by atoms with van der Waals surface area (Å²) in [6, 6.07) is 0. The molecule has 4 amide bonds. The Bertz CT molecular complexity index is 1340. The highest BCUT2D eigenvalue weighted by molar-refractivity contribution is 6.03. The number of likely N-dealkylation sites (tertiary alicyclic amines) is 1. The second-order valence-electron chi connectivity index (χ2n) is 14.3. The van der Waals surface area contributed by atoms with Crippen LogP contribution in [0.1, 0.15) is 51.6 Å². The van der Waals surface area contributed by atoms with Gasteiger partial charge in [-0.15, -0.1) is 5.10 Å². The Kier molecular flexibility index (Phi) is 26.6. The van der Waals surface area contributed by atoms with Crippen LogP contribution in [-0.2, 0) is 79.7 Å². The third-order valence-electron chi connectivity index (χ3n) is 9.33. The number of hydrogen-bond donors (Lipinski definition) is 2. The molecule has 1 aromatic rings. The van der Waals surface area contributed by atoms with E-state index >= 15 is 0 Å². The van der Waals surface area contributed by atoms with Gasteiger partial charge in [-0.1, -0.05) is 12.1 Å². The van der Waals surface area contributed by atoms with E-state index in [9.17, 15) is 24.0 Å². The fourth-order valence-corrected chi connectivity index (χ4v) is 6.16. The summed E-state index contributed by atoms with van der Waals surface area (Å²) in [5.74, 6) is -0.628. The van der Waals surface area contributed by atoms with Gasteiger partial charge in [0.2, 0.25) is 23.6 Å². The molecule has 0 aromatic carbocycles. The molecule has 0 bridgehead atoms. The summed E-state index contributed by atoms with van der Waals surface area (Å²) in [6.07, 6.45) is 5.22. The average Bonchev–Trinajstić information content (AvgIpc) is 3.78. The molecule has 0 spiro atoms. The van der Waals surface area contributed by atoms with E-state index in [1.54, 1.807) is 17.8 Å². The van der Waals surface area contributed by atoms with Crippen molar-refractivity contribution in [1.29, 1.82) is 0 Å². The molecule has 59 heavy (non-hydrogen) atoms. The summed E-state index contributed by atoms with van der Waals surface area (Å²) in [5, 5.41) is 13.9. The normalized spacial score (nSPS) is 18.1.